The largest absolute Gasteiger partial charge is 0.387 e. The smallest absolute Gasteiger partial charge is 0.344 e. The highest BCUT2D eigenvalue weighted by molar-refractivity contribution is 4.79. The normalized spacial score (nSPS) is 15.5. The van der Waals surface area contributed by atoms with E-state index in [1.807, 2.05) is 0 Å². The van der Waals surface area contributed by atoms with Gasteiger partial charge in [0, 0.05) is 6.54 Å². The number of likely N-dealkylation sites (N-methyl/N-ethyl adjacent to an activating group) is 1. The van der Waals surface area contributed by atoms with Crippen LogP contribution in [0.1, 0.15) is 6.92 Å². The molecule has 1 unspecified atom stereocenters. The summed E-state index contributed by atoms with van der Waals surface area (Å²) in [5, 5.41) is 14.3. The molecule has 7 nitrogen and oxygen atoms in total. The van der Waals surface area contributed by atoms with Crippen molar-refractivity contribution in [3.05, 3.63) is 21.0 Å². The molecule has 0 aromatic carbocycles. The molecule has 15 heavy (non-hydrogen) atoms. The average molecular weight is 216 g/mol. The molecule has 7 heteroatoms. The van der Waals surface area contributed by atoms with Gasteiger partial charge in [0.1, 0.15) is 0 Å². The van der Waals surface area contributed by atoms with Crippen molar-refractivity contribution in [2.24, 2.45) is 0 Å². The lowest BCUT2D eigenvalue weighted by molar-refractivity contribution is 0.0160. The van der Waals surface area contributed by atoms with Crippen molar-refractivity contribution < 1.29 is 5.11 Å². The molecule has 86 valence electrons. The lowest BCUT2D eigenvalue weighted by Gasteiger charge is -2.26. The predicted octanol–water partition coefficient (Wildman–Crippen LogP) is -1.82. The Kier molecular flexibility index (Phi) is 3.15. The molecule has 1 rings (SSSR count). The van der Waals surface area contributed by atoms with Crippen molar-refractivity contribution in [3.63, 3.8) is 0 Å². The predicted molar refractivity (Wildman–Crippen MR) is 54.9 cm³/mol. The fourth-order valence-corrected chi connectivity index (χ4v) is 1.55. The van der Waals surface area contributed by atoms with Crippen LogP contribution in [0.3, 0.4) is 0 Å². The van der Waals surface area contributed by atoms with Crippen molar-refractivity contribution in [2.75, 3.05) is 20.6 Å². The number of rotatable bonds is 4. The van der Waals surface area contributed by atoms with Crippen LogP contribution in [-0.2, 0) is 6.54 Å². The maximum Gasteiger partial charge on any atom is 0.344 e. The molecule has 0 aliphatic carbocycles. The van der Waals surface area contributed by atoms with Gasteiger partial charge in [-0.1, -0.05) is 0 Å². The maximum absolute atomic E-state index is 11.2. The molecule has 0 saturated carbocycles. The lowest BCUT2D eigenvalue weighted by Crippen LogP contribution is -2.45. The number of aliphatic hydroxyl groups is 1. The molecule has 1 atom stereocenters. The van der Waals surface area contributed by atoms with E-state index in [1.54, 1.807) is 25.9 Å². The Morgan fingerprint density at radius 1 is 1.33 bits per heavy atom. The summed E-state index contributed by atoms with van der Waals surface area (Å²) < 4.78 is 0.934. The first-order chi connectivity index (χ1) is 6.82. The molecule has 0 bridgehead atoms. The first kappa shape index (κ1) is 11.7. The van der Waals surface area contributed by atoms with Gasteiger partial charge in [-0.2, -0.15) is 0 Å². The summed E-state index contributed by atoms with van der Waals surface area (Å²) in [6.45, 7) is 1.90. The summed E-state index contributed by atoms with van der Waals surface area (Å²) in [6.07, 6.45) is 0. The quantitative estimate of drug-likeness (QED) is 0.552. The first-order valence-corrected chi connectivity index (χ1v) is 4.56. The van der Waals surface area contributed by atoms with E-state index in [2.05, 4.69) is 10.2 Å². The summed E-state index contributed by atoms with van der Waals surface area (Å²) >= 11 is 0. The van der Waals surface area contributed by atoms with Crippen LogP contribution in [0.4, 0.5) is 0 Å². The summed E-state index contributed by atoms with van der Waals surface area (Å²) in [5.74, 6) is 0. The van der Waals surface area contributed by atoms with Crippen LogP contribution in [-0.4, -0.2) is 51.0 Å². The van der Waals surface area contributed by atoms with Gasteiger partial charge >= 0.3 is 11.4 Å². The van der Waals surface area contributed by atoms with E-state index in [9.17, 15) is 14.7 Å². The average Bonchev–Trinajstić information content (AvgIpc) is 2.33. The van der Waals surface area contributed by atoms with Crippen molar-refractivity contribution >= 4 is 0 Å². The molecule has 1 aromatic rings. The van der Waals surface area contributed by atoms with E-state index in [0.717, 1.165) is 4.57 Å². The van der Waals surface area contributed by atoms with Crippen molar-refractivity contribution in [2.45, 2.75) is 19.1 Å². The Bertz CT molecular complexity index is 398. The molecule has 0 radical (unpaired) electrons. The first-order valence-electron chi connectivity index (χ1n) is 4.56. The van der Waals surface area contributed by atoms with Crippen LogP contribution in [0.2, 0.25) is 0 Å². The van der Waals surface area contributed by atoms with Gasteiger partial charge in [0.25, 0.3) is 0 Å². The molecule has 1 heterocycles. The highest BCUT2D eigenvalue weighted by atomic mass is 16.3. The van der Waals surface area contributed by atoms with Crippen LogP contribution in [0, 0.1) is 0 Å². The zero-order valence-corrected chi connectivity index (χ0v) is 9.07. The van der Waals surface area contributed by atoms with Gasteiger partial charge in [0.05, 0.1) is 12.1 Å². The molecule has 0 amide bonds. The van der Waals surface area contributed by atoms with Gasteiger partial charge in [-0.15, -0.1) is 0 Å². The molecule has 0 aliphatic heterocycles. The minimum absolute atomic E-state index is 0.0388. The Morgan fingerprint density at radius 3 is 2.20 bits per heavy atom. The number of hydrogen-bond donors (Lipinski definition) is 3. The van der Waals surface area contributed by atoms with Crippen LogP contribution >= 0.6 is 0 Å². The van der Waals surface area contributed by atoms with Crippen molar-refractivity contribution in [1.82, 2.24) is 19.7 Å². The summed E-state index contributed by atoms with van der Waals surface area (Å²) in [6, 6.07) is 0. The zero-order chi connectivity index (χ0) is 11.6. The van der Waals surface area contributed by atoms with Gasteiger partial charge in [-0.25, -0.2) is 24.4 Å². The second kappa shape index (κ2) is 4.03. The van der Waals surface area contributed by atoms with Gasteiger partial charge < -0.3 is 10.0 Å². The second-order valence-electron chi connectivity index (χ2n) is 4.18. The SMILES string of the molecule is CN(C)CC(C)(O)Cn1c(=O)[nH][nH]c1=O. The second-order valence-corrected chi connectivity index (χ2v) is 4.18. The molecular weight excluding hydrogens is 200 g/mol. The number of nitrogens with one attached hydrogen (secondary N) is 2. The monoisotopic (exact) mass is 216 g/mol. The highest BCUT2D eigenvalue weighted by Crippen LogP contribution is 2.05. The third kappa shape index (κ3) is 3.07. The summed E-state index contributed by atoms with van der Waals surface area (Å²) in [4.78, 5) is 24.1. The fourth-order valence-electron chi connectivity index (χ4n) is 1.55. The minimum atomic E-state index is -1.12. The summed E-state index contributed by atoms with van der Waals surface area (Å²) in [5.41, 5.74) is -2.21. The Balaban J connectivity index is 2.86. The standard InChI is InChI=1S/C8H16N4O3/c1-8(15,4-11(2)3)5-12-6(13)9-10-7(12)14/h15H,4-5H2,1-3H3,(H,9,13)(H,10,14). The van der Waals surface area contributed by atoms with E-state index in [1.165, 1.54) is 0 Å². The van der Waals surface area contributed by atoms with E-state index >= 15 is 0 Å². The van der Waals surface area contributed by atoms with Gasteiger partial charge in [0.2, 0.25) is 0 Å². The topological polar surface area (TPSA) is 94.1 Å². The molecule has 0 spiro atoms. The van der Waals surface area contributed by atoms with Crippen LogP contribution in [0.5, 0.6) is 0 Å². The maximum atomic E-state index is 11.2. The highest BCUT2D eigenvalue weighted by Gasteiger charge is 2.24. The van der Waals surface area contributed by atoms with Crippen LogP contribution in [0.15, 0.2) is 9.59 Å². The van der Waals surface area contributed by atoms with Crippen molar-refractivity contribution in [3.8, 4) is 0 Å². The molecular formula is C8H16N4O3. The van der Waals surface area contributed by atoms with Crippen molar-refractivity contribution in [1.29, 1.82) is 0 Å². The molecule has 0 aliphatic rings. The molecule has 0 fully saturated rings. The van der Waals surface area contributed by atoms with E-state index in [-0.39, 0.29) is 6.54 Å². The Hall–Kier alpha value is -1.34. The Morgan fingerprint density at radius 2 is 1.80 bits per heavy atom. The molecule has 0 saturated heterocycles. The van der Waals surface area contributed by atoms with Gasteiger partial charge in [-0.05, 0) is 21.0 Å². The summed E-state index contributed by atoms with van der Waals surface area (Å²) in [7, 11) is 3.61. The fraction of sp³-hybridized carbons (Fsp3) is 0.750. The number of H-pyrrole nitrogens is 2. The van der Waals surface area contributed by atoms with Gasteiger partial charge in [0.15, 0.2) is 0 Å². The number of aromatic nitrogens is 3. The third-order valence-corrected chi connectivity index (χ3v) is 1.92. The van der Waals surface area contributed by atoms with E-state index in [4.69, 9.17) is 0 Å². The third-order valence-electron chi connectivity index (χ3n) is 1.92. The number of aromatic amines is 2. The minimum Gasteiger partial charge on any atom is -0.387 e. The Labute approximate surface area is 86.3 Å². The number of hydrogen-bond acceptors (Lipinski definition) is 4. The number of nitrogens with zero attached hydrogens (tertiary/aromatic N) is 2. The van der Waals surface area contributed by atoms with Gasteiger partial charge in [-0.3, -0.25) is 0 Å². The van der Waals surface area contributed by atoms with Crippen LogP contribution in [0.25, 0.3) is 0 Å². The molecule has 3 N–H and O–H groups in total. The van der Waals surface area contributed by atoms with Crippen LogP contribution < -0.4 is 11.4 Å². The zero-order valence-electron chi connectivity index (χ0n) is 9.07. The van der Waals surface area contributed by atoms with E-state index < -0.39 is 17.0 Å². The lowest BCUT2D eigenvalue weighted by atomic mass is 10.1. The van der Waals surface area contributed by atoms with E-state index in [0.29, 0.717) is 6.54 Å². The molecule has 1 aromatic heterocycles.